The van der Waals surface area contributed by atoms with Gasteiger partial charge >= 0.3 is 17.9 Å². The first-order valence-electron chi connectivity index (χ1n) is 20.4. The molecule has 0 bridgehead atoms. The molecule has 7 amide bonds. The average molecular weight is 915 g/mol. The highest BCUT2D eigenvalue weighted by Gasteiger charge is 2.35. The molecule has 0 aromatic carbocycles. The number of aliphatic imine (C=N–C) groups is 2. The number of primary amides is 1. The molecule has 0 saturated carbocycles. The minimum Gasteiger partial charge on any atom is -0.481 e. The van der Waals surface area contributed by atoms with Crippen LogP contribution in [0.3, 0.4) is 0 Å². The normalized spacial score (nSPS) is 14.2. The topological polar surface area (TPSA) is 484 Å². The van der Waals surface area contributed by atoms with Crippen LogP contribution in [0.15, 0.2) is 9.98 Å². The first kappa shape index (κ1) is 57.2. The molecule has 0 unspecified atom stereocenters. The van der Waals surface area contributed by atoms with Gasteiger partial charge in [-0.15, -0.1) is 0 Å². The van der Waals surface area contributed by atoms with Gasteiger partial charge in [0.2, 0.25) is 41.4 Å². The summed E-state index contributed by atoms with van der Waals surface area (Å²) in [5.74, 6) is -12.8. The molecule has 0 aliphatic rings. The predicted octanol–water partition coefficient (Wildman–Crippen LogP) is -5.28. The number of carbonyl (C=O) groups excluding carboxylic acids is 7. The third kappa shape index (κ3) is 25.2. The van der Waals surface area contributed by atoms with Crippen LogP contribution >= 0.6 is 0 Å². The van der Waals surface area contributed by atoms with E-state index in [1.807, 2.05) is 19.2 Å². The summed E-state index contributed by atoms with van der Waals surface area (Å²) in [4.78, 5) is 136. The highest BCUT2D eigenvalue weighted by atomic mass is 16.4. The smallest absolute Gasteiger partial charge is 0.326 e. The van der Waals surface area contributed by atoms with Crippen molar-refractivity contribution in [3.05, 3.63) is 0 Å². The van der Waals surface area contributed by atoms with E-state index in [9.17, 15) is 63.3 Å². The number of nitrogens with one attached hydrogen (secondary N) is 6. The summed E-state index contributed by atoms with van der Waals surface area (Å²) < 4.78 is 0. The van der Waals surface area contributed by atoms with Crippen LogP contribution in [0.25, 0.3) is 0 Å². The third-order valence-corrected chi connectivity index (χ3v) is 8.88. The minimum atomic E-state index is -2.02. The van der Waals surface area contributed by atoms with Crippen LogP contribution in [0.2, 0.25) is 0 Å². The molecular formula is C37H66N14O13. The van der Waals surface area contributed by atoms with Gasteiger partial charge in [-0.25, -0.2) is 4.79 Å². The molecule has 0 spiro atoms. The fourth-order valence-corrected chi connectivity index (χ4v) is 5.82. The van der Waals surface area contributed by atoms with Crippen LogP contribution in [-0.2, 0) is 47.9 Å². The average Bonchev–Trinajstić information content (AvgIpc) is 3.16. The van der Waals surface area contributed by atoms with E-state index in [1.165, 1.54) is 0 Å². The van der Waals surface area contributed by atoms with Gasteiger partial charge in [-0.2, -0.15) is 0 Å². The predicted molar refractivity (Wildman–Crippen MR) is 229 cm³/mol. The fraction of sp³-hybridized carbons (Fsp3) is 0.676. The standard InChI is InChI=1S/C37H66N14O13/c1-17(2)13-19(38)29(57)46-20(7-5-11-44-36(40)41)30(58)48-22(9-10-26(39)52)32(60)47-21(8-6-12-45-37(42)43)31(59)49-23(15-27(53)54)33(61)50-24(16-28(55)56)34(62)51-25(35(63)64)14-18(3)4/h17-25H,5-16,38H2,1-4H3,(H2,39,52)(H,46,57)(H,47,60)(H,48,58)(H,49,59)(H,50,61)(H,51,62)(H,53,54)(H,55,56)(H,63,64)(H4,40,41,44)(H4,42,43,45)/t19-,20-,21-,22-,23-,24-,25-/m0/s1. The second kappa shape index (κ2) is 29.5. The largest absolute Gasteiger partial charge is 0.481 e. The summed E-state index contributed by atoms with van der Waals surface area (Å²) in [5, 5.41) is 42.4. The molecule has 7 atom stereocenters. The molecule has 27 nitrogen and oxygen atoms in total. The van der Waals surface area contributed by atoms with Gasteiger partial charge in [-0.1, -0.05) is 27.7 Å². The van der Waals surface area contributed by atoms with Crippen LogP contribution in [-0.4, -0.2) is 142 Å². The Morgan fingerprint density at radius 1 is 0.469 bits per heavy atom. The number of rotatable bonds is 32. The summed E-state index contributed by atoms with van der Waals surface area (Å²) in [7, 11) is 0. The van der Waals surface area contributed by atoms with Crippen molar-refractivity contribution in [2.75, 3.05) is 13.1 Å². The molecule has 64 heavy (non-hydrogen) atoms. The Bertz CT molecular complexity index is 1700. The van der Waals surface area contributed by atoms with Gasteiger partial charge in [0.15, 0.2) is 11.9 Å². The second-order valence-corrected chi connectivity index (χ2v) is 15.7. The lowest BCUT2D eigenvalue weighted by atomic mass is 10.0. The van der Waals surface area contributed by atoms with E-state index in [-0.39, 0.29) is 75.4 Å². The Morgan fingerprint density at radius 3 is 1.12 bits per heavy atom. The van der Waals surface area contributed by atoms with Gasteiger partial charge < -0.3 is 81.6 Å². The summed E-state index contributed by atoms with van der Waals surface area (Å²) in [6.45, 7) is 6.95. The molecule has 0 aromatic heterocycles. The van der Waals surface area contributed by atoms with E-state index in [0.29, 0.717) is 0 Å². The van der Waals surface area contributed by atoms with E-state index in [0.717, 1.165) is 0 Å². The van der Waals surface area contributed by atoms with Gasteiger partial charge in [-0.05, 0) is 56.8 Å². The number of hydrogen-bond acceptors (Lipinski definition) is 13. The molecule has 362 valence electrons. The van der Waals surface area contributed by atoms with Crippen LogP contribution < -0.4 is 66.3 Å². The van der Waals surface area contributed by atoms with Crippen molar-refractivity contribution in [2.24, 2.45) is 56.2 Å². The van der Waals surface area contributed by atoms with Crippen molar-refractivity contribution < 1.29 is 63.3 Å². The first-order chi connectivity index (χ1) is 29.7. The number of nitrogens with zero attached hydrogens (tertiary/aromatic N) is 2. The van der Waals surface area contributed by atoms with E-state index in [1.54, 1.807) is 13.8 Å². The number of guanidine groups is 2. The Balaban J connectivity index is 6.74. The molecule has 0 radical (unpaired) electrons. The molecular weight excluding hydrogens is 848 g/mol. The van der Waals surface area contributed by atoms with E-state index >= 15 is 0 Å². The molecule has 0 heterocycles. The molecule has 0 fully saturated rings. The van der Waals surface area contributed by atoms with Crippen molar-refractivity contribution in [3.63, 3.8) is 0 Å². The number of nitrogens with two attached hydrogens (primary N) is 6. The number of carboxylic acid groups (broad SMARTS) is 3. The minimum absolute atomic E-state index is 0.0171. The van der Waals surface area contributed by atoms with Crippen molar-refractivity contribution >= 4 is 71.2 Å². The zero-order chi connectivity index (χ0) is 49.3. The highest BCUT2D eigenvalue weighted by Crippen LogP contribution is 2.10. The highest BCUT2D eigenvalue weighted by molar-refractivity contribution is 5.98. The summed E-state index contributed by atoms with van der Waals surface area (Å²) in [6.07, 6.45) is -3.09. The Morgan fingerprint density at radius 2 is 0.797 bits per heavy atom. The molecule has 0 aromatic rings. The maximum atomic E-state index is 13.9. The summed E-state index contributed by atoms with van der Waals surface area (Å²) in [5.41, 5.74) is 32.9. The van der Waals surface area contributed by atoms with Gasteiger partial charge in [0.1, 0.15) is 36.3 Å². The zero-order valence-electron chi connectivity index (χ0n) is 36.5. The number of amides is 7. The van der Waals surface area contributed by atoms with E-state index < -0.39 is 127 Å². The van der Waals surface area contributed by atoms with Gasteiger partial charge in [0.25, 0.3) is 0 Å². The molecule has 0 saturated heterocycles. The number of carboxylic acids is 3. The van der Waals surface area contributed by atoms with E-state index in [2.05, 4.69) is 36.6 Å². The molecule has 0 aliphatic heterocycles. The van der Waals surface area contributed by atoms with Gasteiger partial charge in [-0.3, -0.25) is 53.1 Å². The van der Waals surface area contributed by atoms with Crippen molar-refractivity contribution in [1.82, 2.24) is 31.9 Å². The maximum Gasteiger partial charge on any atom is 0.326 e. The Labute approximate surface area is 369 Å². The summed E-state index contributed by atoms with van der Waals surface area (Å²) in [6, 6.07) is -11.0. The number of carbonyl (C=O) groups is 10. The summed E-state index contributed by atoms with van der Waals surface area (Å²) >= 11 is 0. The monoisotopic (exact) mass is 914 g/mol. The van der Waals surface area contributed by atoms with Crippen LogP contribution in [0.4, 0.5) is 0 Å². The van der Waals surface area contributed by atoms with Crippen LogP contribution in [0.1, 0.15) is 91.9 Å². The van der Waals surface area contributed by atoms with E-state index in [4.69, 9.17) is 34.4 Å². The lowest BCUT2D eigenvalue weighted by Crippen LogP contribution is -2.60. The SMILES string of the molecule is CC(C)C[C@H](NC(=O)[C@H](CC(=O)O)NC(=O)[C@H](CC(=O)O)NC(=O)[C@H](CCCN=C(N)N)NC(=O)[C@H](CCC(N)=O)NC(=O)[C@H](CCCN=C(N)N)NC(=O)[C@@H](N)CC(C)C)C(=O)O. The fourth-order valence-electron chi connectivity index (χ4n) is 5.82. The number of aliphatic carboxylic acids is 3. The zero-order valence-corrected chi connectivity index (χ0v) is 36.5. The van der Waals surface area contributed by atoms with Crippen LogP contribution in [0, 0.1) is 11.8 Å². The van der Waals surface area contributed by atoms with Crippen molar-refractivity contribution in [2.45, 2.75) is 134 Å². The second-order valence-electron chi connectivity index (χ2n) is 15.7. The van der Waals surface area contributed by atoms with Gasteiger partial charge in [0, 0.05) is 19.5 Å². The first-order valence-corrected chi connectivity index (χ1v) is 20.4. The quantitative estimate of drug-likeness (QED) is 0.0170. The van der Waals surface area contributed by atoms with Crippen LogP contribution in [0.5, 0.6) is 0 Å². The van der Waals surface area contributed by atoms with Crippen molar-refractivity contribution in [1.29, 1.82) is 0 Å². The molecule has 21 N–H and O–H groups in total. The molecule has 0 rings (SSSR count). The maximum absolute atomic E-state index is 13.9. The van der Waals surface area contributed by atoms with Gasteiger partial charge in [0.05, 0.1) is 18.9 Å². The molecule has 0 aliphatic carbocycles. The molecule has 27 heteroatoms. The Kier molecular flexibility index (Phi) is 26.4. The lowest BCUT2D eigenvalue weighted by molar-refractivity contribution is -0.145. The number of hydrogen-bond donors (Lipinski definition) is 15. The third-order valence-electron chi connectivity index (χ3n) is 8.88. The van der Waals surface area contributed by atoms with Crippen molar-refractivity contribution in [3.8, 4) is 0 Å². The Hall–Kier alpha value is -6.80. The lowest BCUT2D eigenvalue weighted by Gasteiger charge is -2.27.